The van der Waals surface area contributed by atoms with Crippen LogP contribution in [-0.4, -0.2) is 42.9 Å². The van der Waals surface area contributed by atoms with Crippen LogP contribution in [0, 0.1) is 24.5 Å². The van der Waals surface area contributed by atoms with Gasteiger partial charge in [-0.25, -0.2) is 18.2 Å². The fourth-order valence-corrected chi connectivity index (χ4v) is 6.20. The first-order valence-corrected chi connectivity index (χ1v) is 15.8. The zero-order chi connectivity index (χ0) is 31.1. The molecule has 3 aromatic rings. The van der Waals surface area contributed by atoms with Gasteiger partial charge in [-0.3, -0.25) is 9.59 Å². The second-order valence-corrected chi connectivity index (χ2v) is 12.1. The summed E-state index contributed by atoms with van der Waals surface area (Å²) in [7, 11) is 0. The molecule has 6 nitrogen and oxygen atoms in total. The quantitative estimate of drug-likeness (QED) is 0.198. The minimum atomic E-state index is -1.73. The molecule has 3 unspecified atom stereocenters. The van der Waals surface area contributed by atoms with Gasteiger partial charge in [0.05, 0.1) is 11.1 Å². The lowest BCUT2D eigenvalue weighted by atomic mass is 9.92. The Morgan fingerprint density at radius 3 is 2.60 bits per heavy atom. The van der Waals surface area contributed by atoms with Crippen molar-refractivity contribution in [3.05, 3.63) is 69.2 Å². The highest BCUT2D eigenvalue weighted by Crippen LogP contribution is 2.33. The van der Waals surface area contributed by atoms with E-state index in [9.17, 15) is 22.8 Å². The predicted molar refractivity (Wildman–Crippen MR) is 166 cm³/mol. The number of hydrogen-bond acceptors (Lipinski definition) is 5. The molecule has 0 bridgehead atoms. The summed E-state index contributed by atoms with van der Waals surface area (Å²) in [6, 6.07) is 9.10. The summed E-state index contributed by atoms with van der Waals surface area (Å²) >= 11 is 3.50. The molecule has 3 atom stereocenters. The summed E-state index contributed by atoms with van der Waals surface area (Å²) in [5.41, 5.74) is 1.59. The number of piperidine rings is 1. The third-order valence-electron chi connectivity index (χ3n) is 8.18. The number of ether oxygens (including phenoxy) is 1. The highest BCUT2D eigenvalue weighted by Gasteiger charge is 2.27. The van der Waals surface area contributed by atoms with Gasteiger partial charge >= 0.3 is 5.97 Å². The van der Waals surface area contributed by atoms with Crippen LogP contribution in [0.2, 0.25) is 0 Å². The molecule has 0 saturated carbocycles. The Balaban J connectivity index is 1.63. The Labute approximate surface area is 259 Å². The summed E-state index contributed by atoms with van der Waals surface area (Å²) in [5, 5.41) is 3.53. The Kier molecular flexibility index (Phi) is 11.5. The second kappa shape index (κ2) is 15.0. The molecule has 0 aliphatic carbocycles. The van der Waals surface area contributed by atoms with Crippen LogP contribution >= 0.6 is 15.9 Å². The molecule has 0 radical (unpaired) electrons. The average Bonchev–Trinajstić information content (AvgIpc) is 2.97. The smallest absolute Gasteiger partial charge is 0.308 e. The number of nitrogens with zero attached hydrogens (tertiary/aromatic N) is 2. The molecule has 43 heavy (non-hydrogen) atoms. The highest BCUT2D eigenvalue weighted by atomic mass is 79.9. The number of rotatable bonds is 12. The number of alkyl halides is 1. The summed E-state index contributed by atoms with van der Waals surface area (Å²) in [4.78, 5) is 33.4. The standard InChI is InChI=1S/C33H39BrF3N3O3/c1-4-8-28(37)43-29(41)15-12-22(31-25(35)10-6-11-26(31)36)18-38-33(42)30-20(3)32(40-16-7-9-21(5-2)19-40)39-27-14-13-23(34)17-24(27)30/h6,10-11,13-14,17,21-22,28H,4-5,7-9,12,15-16,18-19H2,1-3H3,(H,38,42). The molecule has 1 N–H and O–H groups in total. The van der Waals surface area contributed by atoms with Crippen LogP contribution in [0.1, 0.15) is 86.2 Å². The number of benzene rings is 2. The van der Waals surface area contributed by atoms with E-state index in [0.717, 1.165) is 60.3 Å². The molecular weight excluding hydrogens is 623 g/mol. The maximum atomic E-state index is 14.9. The number of pyridine rings is 1. The lowest BCUT2D eigenvalue weighted by Crippen LogP contribution is -2.37. The van der Waals surface area contributed by atoms with Crippen LogP contribution in [0.4, 0.5) is 19.0 Å². The Hall–Kier alpha value is -3.14. The predicted octanol–water partition coefficient (Wildman–Crippen LogP) is 8.14. The second-order valence-electron chi connectivity index (χ2n) is 11.2. The zero-order valence-electron chi connectivity index (χ0n) is 24.9. The van der Waals surface area contributed by atoms with Gasteiger partial charge in [0, 0.05) is 59.4 Å². The molecule has 1 aliphatic heterocycles. The molecule has 10 heteroatoms. The largest absolute Gasteiger partial charge is 0.431 e. The number of amides is 1. The van der Waals surface area contributed by atoms with Crippen molar-refractivity contribution < 1.29 is 27.5 Å². The van der Waals surface area contributed by atoms with Crippen molar-refractivity contribution in [3.8, 4) is 0 Å². The van der Waals surface area contributed by atoms with E-state index < -0.39 is 35.8 Å². The van der Waals surface area contributed by atoms with E-state index in [2.05, 4.69) is 33.1 Å². The third kappa shape index (κ3) is 8.08. The number of esters is 1. The van der Waals surface area contributed by atoms with Crippen LogP contribution in [0.25, 0.3) is 10.9 Å². The van der Waals surface area contributed by atoms with Crippen molar-refractivity contribution in [1.82, 2.24) is 10.3 Å². The minimum Gasteiger partial charge on any atom is -0.431 e. The van der Waals surface area contributed by atoms with Crippen molar-refractivity contribution in [3.63, 3.8) is 0 Å². The lowest BCUT2D eigenvalue weighted by molar-refractivity contribution is -0.158. The van der Waals surface area contributed by atoms with Crippen molar-refractivity contribution in [2.24, 2.45) is 5.92 Å². The minimum absolute atomic E-state index is 0.0468. The molecule has 1 aromatic heterocycles. The fraction of sp³-hybridized carbons (Fsp3) is 0.485. The number of anilines is 1. The van der Waals surface area contributed by atoms with E-state index in [1.54, 1.807) is 6.92 Å². The highest BCUT2D eigenvalue weighted by molar-refractivity contribution is 9.10. The van der Waals surface area contributed by atoms with E-state index in [4.69, 9.17) is 9.72 Å². The molecule has 2 heterocycles. The first-order valence-electron chi connectivity index (χ1n) is 15.0. The van der Waals surface area contributed by atoms with Crippen LogP contribution in [0.5, 0.6) is 0 Å². The fourth-order valence-electron chi connectivity index (χ4n) is 5.84. The topological polar surface area (TPSA) is 71.5 Å². The molecule has 2 aromatic carbocycles. The number of hydrogen-bond donors (Lipinski definition) is 1. The Morgan fingerprint density at radius 2 is 1.91 bits per heavy atom. The summed E-state index contributed by atoms with van der Waals surface area (Å²) in [5.74, 6) is -2.37. The van der Waals surface area contributed by atoms with E-state index in [0.29, 0.717) is 28.8 Å². The van der Waals surface area contributed by atoms with Crippen LogP contribution in [-0.2, 0) is 9.53 Å². The number of halogens is 4. The Morgan fingerprint density at radius 1 is 1.16 bits per heavy atom. The molecule has 4 rings (SSSR count). The van der Waals surface area contributed by atoms with Gasteiger partial charge in [0.15, 0.2) is 0 Å². The van der Waals surface area contributed by atoms with Crippen LogP contribution in [0.15, 0.2) is 40.9 Å². The normalized spacial score (nSPS) is 16.6. The van der Waals surface area contributed by atoms with Gasteiger partial charge in [-0.05, 0) is 68.9 Å². The van der Waals surface area contributed by atoms with Gasteiger partial charge in [-0.2, -0.15) is 0 Å². The first kappa shape index (κ1) is 32.8. The van der Waals surface area contributed by atoms with Crippen LogP contribution in [0.3, 0.4) is 0 Å². The molecule has 1 aliphatic rings. The summed E-state index contributed by atoms with van der Waals surface area (Å²) in [6.07, 6.45) is 1.80. The number of aromatic nitrogens is 1. The lowest BCUT2D eigenvalue weighted by Gasteiger charge is -2.34. The monoisotopic (exact) mass is 661 g/mol. The number of carbonyl (C=O) groups is 2. The molecular formula is C33H39BrF3N3O3. The average molecular weight is 663 g/mol. The summed E-state index contributed by atoms with van der Waals surface area (Å²) in [6.45, 7) is 7.38. The maximum absolute atomic E-state index is 14.9. The molecule has 232 valence electrons. The molecule has 0 spiro atoms. The molecule has 1 fully saturated rings. The van der Waals surface area contributed by atoms with Crippen molar-refractivity contribution in [1.29, 1.82) is 0 Å². The third-order valence-corrected chi connectivity index (χ3v) is 8.67. The Bertz CT molecular complexity index is 1430. The molecule has 1 amide bonds. The van der Waals surface area contributed by atoms with E-state index in [1.165, 1.54) is 6.07 Å². The zero-order valence-corrected chi connectivity index (χ0v) is 26.5. The van der Waals surface area contributed by atoms with Crippen molar-refractivity contribution in [2.45, 2.75) is 78.0 Å². The van der Waals surface area contributed by atoms with E-state index >= 15 is 0 Å². The van der Waals surface area contributed by atoms with Gasteiger partial charge < -0.3 is 15.0 Å². The van der Waals surface area contributed by atoms with Crippen LogP contribution < -0.4 is 10.2 Å². The SMILES string of the molecule is CCCC(F)OC(=O)CCC(CNC(=O)c1c(C)c(N2CCCC(CC)C2)nc2ccc(Br)cc12)c1c(F)cccc1F. The number of nitrogens with one attached hydrogen (secondary N) is 1. The van der Waals surface area contributed by atoms with Gasteiger partial charge in [0.1, 0.15) is 17.5 Å². The van der Waals surface area contributed by atoms with Crippen molar-refractivity contribution >= 4 is 44.5 Å². The van der Waals surface area contributed by atoms with E-state index in [1.807, 2.05) is 25.1 Å². The van der Waals surface area contributed by atoms with Gasteiger partial charge in [0.25, 0.3) is 5.91 Å². The van der Waals surface area contributed by atoms with Gasteiger partial charge in [-0.1, -0.05) is 42.3 Å². The first-order chi connectivity index (χ1) is 20.6. The van der Waals surface area contributed by atoms with Gasteiger partial charge in [-0.15, -0.1) is 0 Å². The number of fused-ring (bicyclic) bond motifs is 1. The molecule has 1 saturated heterocycles. The van der Waals surface area contributed by atoms with Gasteiger partial charge in [0.2, 0.25) is 6.36 Å². The van der Waals surface area contributed by atoms with Crippen molar-refractivity contribution in [2.75, 3.05) is 24.5 Å². The van der Waals surface area contributed by atoms with E-state index in [-0.39, 0.29) is 31.4 Å². The summed E-state index contributed by atoms with van der Waals surface area (Å²) < 4.78 is 49.2. The number of carbonyl (C=O) groups excluding carboxylic acids is 2. The maximum Gasteiger partial charge on any atom is 0.308 e.